The van der Waals surface area contributed by atoms with Crippen LogP contribution >= 0.6 is 0 Å². The molecule has 0 aliphatic rings. The highest BCUT2D eigenvalue weighted by Gasteiger charge is 2.05. The molecule has 0 aliphatic carbocycles. The fourth-order valence-electron chi connectivity index (χ4n) is 1.98. The van der Waals surface area contributed by atoms with Crippen LogP contribution < -0.4 is 4.74 Å². The van der Waals surface area contributed by atoms with Crippen molar-refractivity contribution >= 4 is 10.9 Å². The fourth-order valence-corrected chi connectivity index (χ4v) is 1.98. The van der Waals surface area contributed by atoms with Gasteiger partial charge in [0.2, 0.25) is 0 Å². The Morgan fingerprint density at radius 3 is 2.65 bits per heavy atom. The van der Waals surface area contributed by atoms with Crippen molar-refractivity contribution in [3.63, 3.8) is 0 Å². The first-order chi connectivity index (χ1) is 9.74. The Morgan fingerprint density at radius 1 is 0.950 bits per heavy atom. The van der Waals surface area contributed by atoms with E-state index in [1.165, 1.54) is 6.07 Å². The van der Waals surface area contributed by atoms with Gasteiger partial charge in [-0.15, -0.1) is 0 Å². The van der Waals surface area contributed by atoms with Gasteiger partial charge in [0.05, 0.1) is 0 Å². The molecule has 0 fully saturated rings. The van der Waals surface area contributed by atoms with Crippen molar-refractivity contribution in [1.29, 1.82) is 0 Å². The monoisotopic (exact) mass is 271 g/mol. The minimum Gasteiger partial charge on any atom is -0.487 e. The predicted octanol–water partition coefficient (Wildman–Crippen LogP) is 4.09. The predicted molar refractivity (Wildman–Crippen MR) is 72.4 cm³/mol. The Labute approximate surface area is 114 Å². The third kappa shape index (κ3) is 2.45. The summed E-state index contributed by atoms with van der Waals surface area (Å²) in [7, 11) is 0. The number of para-hydroxylation sites is 1. The molecule has 0 bridgehead atoms. The van der Waals surface area contributed by atoms with Crippen LogP contribution in [0.2, 0.25) is 0 Å². The lowest BCUT2D eigenvalue weighted by Crippen LogP contribution is -1.98. The van der Waals surface area contributed by atoms with Gasteiger partial charge in [-0.2, -0.15) is 0 Å². The summed E-state index contributed by atoms with van der Waals surface area (Å²) in [5.74, 6) is -1.12. The van der Waals surface area contributed by atoms with Gasteiger partial charge in [-0.05, 0) is 29.8 Å². The minimum atomic E-state index is -0.873. The van der Waals surface area contributed by atoms with Crippen LogP contribution in [-0.2, 0) is 6.61 Å². The van der Waals surface area contributed by atoms with Crippen molar-refractivity contribution in [3.8, 4) is 5.75 Å². The van der Waals surface area contributed by atoms with E-state index in [1.54, 1.807) is 12.3 Å². The second-order valence-electron chi connectivity index (χ2n) is 4.37. The topological polar surface area (TPSA) is 22.1 Å². The Kier molecular flexibility index (Phi) is 3.29. The summed E-state index contributed by atoms with van der Waals surface area (Å²) in [4.78, 5) is 4.27. The largest absolute Gasteiger partial charge is 0.487 e. The number of ether oxygens (including phenoxy) is 1. The first kappa shape index (κ1) is 12.5. The quantitative estimate of drug-likeness (QED) is 0.715. The molecule has 1 heterocycles. The zero-order valence-electron chi connectivity index (χ0n) is 10.5. The molecule has 20 heavy (non-hydrogen) atoms. The number of benzene rings is 2. The van der Waals surface area contributed by atoms with Crippen LogP contribution in [0.4, 0.5) is 8.78 Å². The van der Waals surface area contributed by atoms with E-state index in [4.69, 9.17) is 4.74 Å². The molecule has 0 saturated carbocycles. The molecule has 0 unspecified atom stereocenters. The van der Waals surface area contributed by atoms with E-state index in [1.807, 2.05) is 24.3 Å². The summed E-state index contributed by atoms with van der Waals surface area (Å²) < 4.78 is 31.6. The maximum Gasteiger partial charge on any atom is 0.159 e. The van der Waals surface area contributed by atoms with Crippen molar-refractivity contribution in [2.75, 3.05) is 0 Å². The number of aromatic nitrogens is 1. The van der Waals surface area contributed by atoms with E-state index in [0.717, 1.165) is 23.0 Å². The molecule has 1 aromatic heterocycles. The molecule has 3 aromatic rings. The number of hydrogen-bond donors (Lipinski definition) is 0. The van der Waals surface area contributed by atoms with Crippen molar-refractivity contribution in [1.82, 2.24) is 4.98 Å². The highest BCUT2D eigenvalue weighted by molar-refractivity contribution is 5.84. The maximum atomic E-state index is 13.1. The number of rotatable bonds is 3. The lowest BCUT2D eigenvalue weighted by Gasteiger charge is -2.08. The lowest BCUT2D eigenvalue weighted by atomic mass is 10.2. The molecule has 4 heteroatoms. The van der Waals surface area contributed by atoms with Crippen LogP contribution in [0.5, 0.6) is 5.75 Å². The summed E-state index contributed by atoms with van der Waals surface area (Å²) in [6.45, 7) is 0.160. The molecular formula is C16H11F2NO. The van der Waals surface area contributed by atoms with Crippen LogP contribution in [0.25, 0.3) is 10.9 Å². The van der Waals surface area contributed by atoms with Gasteiger partial charge < -0.3 is 4.74 Å². The van der Waals surface area contributed by atoms with Crippen molar-refractivity contribution < 1.29 is 13.5 Å². The Morgan fingerprint density at radius 2 is 1.80 bits per heavy atom. The zero-order chi connectivity index (χ0) is 13.9. The SMILES string of the molecule is Fc1ccc(COc2cccc3cccnc23)cc1F. The van der Waals surface area contributed by atoms with Gasteiger partial charge in [0, 0.05) is 11.6 Å². The van der Waals surface area contributed by atoms with E-state index >= 15 is 0 Å². The molecule has 0 radical (unpaired) electrons. The van der Waals surface area contributed by atoms with Crippen LogP contribution in [0.3, 0.4) is 0 Å². The molecule has 0 saturated heterocycles. The van der Waals surface area contributed by atoms with Gasteiger partial charge in [0.15, 0.2) is 11.6 Å². The van der Waals surface area contributed by atoms with E-state index in [9.17, 15) is 8.78 Å². The molecular weight excluding hydrogens is 260 g/mol. The highest BCUT2D eigenvalue weighted by Crippen LogP contribution is 2.24. The first-order valence-electron chi connectivity index (χ1n) is 6.14. The zero-order valence-corrected chi connectivity index (χ0v) is 10.5. The van der Waals surface area contributed by atoms with Crippen molar-refractivity contribution in [2.24, 2.45) is 0 Å². The Balaban J connectivity index is 1.85. The molecule has 3 rings (SSSR count). The third-order valence-electron chi connectivity index (χ3n) is 2.97. The average Bonchev–Trinajstić information content (AvgIpc) is 2.48. The molecule has 100 valence electrons. The van der Waals surface area contributed by atoms with E-state index in [2.05, 4.69) is 4.98 Å². The first-order valence-corrected chi connectivity index (χ1v) is 6.14. The van der Waals surface area contributed by atoms with E-state index < -0.39 is 11.6 Å². The van der Waals surface area contributed by atoms with Gasteiger partial charge in [-0.1, -0.05) is 24.3 Å². The molecule has 0 amide bonds. The highest BCUT2D eigenvalue weighted by atomic mass is 19.2. The van der Waals surface area contributed by atoms with Gasteiger partial charge in [-0.25, -0.2) is 8.78 Å². The minimum absolute atomic E-state index is 0.160. The molecule has 0 spiro atoms. The fraction of sp³-hybridized carbons (Fsp3) is 0.0625. The maximum absolute atomic E-state index is 13.1. The van der Waals surface area contributed by atoms with Gasteiger partial charge >= 0.3 is 0 Å². The Hall–Kier alpha value is -2.49. The van der Waals surface area contributed by atoms with Gasteiger partial charge in [0.25, 0.3) is 0 Å². The summed E-state index contributed by atoms with van der Waals surface area (Å²) in [6, 6.07) is 13.1. The van der Waals surface area contributed by atoms with Gasteiger partial charge in [0.1, 0.15) is 17.9 Å². The number of halogens is 2. The smallest absolute Gasteiger partial charge is 0.159 e. The summed E-state index contributed by atoms with van der Waals surface area (Å²) in [5, 5.41) is 0.968. The standard InChI is InChI=1S/C16H11F2NO/c17-13-7-6-11(9-14(13)18)10-20-15-5-1-3-12-4-2-8-19-16(12)15/h1-9H,10H2. The number of hydrogen-bond acceptors (Lipinski definition) is 2. The van der Waals surface area contributed by atoms with Crippen LogP contribution in [0.15, 0.2) is 54.7 Å². The van der Waals surface area contributed by atoms with Crippen molar-refractivity contribution in [3.05, 3.63) is 71.9 Å². The average molecular weight is 271 g/mol. The summed E-state index contributed by atoms with van der Waals surface area (Å²) in [5.41, 5.74) is 1.31. The van der Waals surface area contributed by atoms with Crippen LogP contribution in [0.1, 0.15) is 5.56 Å². The molecule has 2 aromatic carbocycles. The van der Waals surface area contributed by atoms with Crippen LogP contribution in [-0.4, -0.2) is 4.98 Å². The van der Waals surface area contributed by atoms with Crippen LogP contribution in [0, 0.1) is 11.6 Å². The Bertz CT molecular complexity index is 753. The molecule has 0 atom stereocenters. The summed E-state index contributed by atoms with van der Waals surface area (Å²) in [6.07, 6.45) is 1.69. The van der Waals surface area contributed by atoms with E-state index in [-0.39, 0.29) is 6.61 Å². The molecule has 0 aliphatic heterocycles. The number of pyridine rings is 1. The second-order valence-corrected chi connectivity index (χ2v) is 4.37. The number of fused-ring (bicyclic) bond motifs is 1. The second kappa shape index (κ2) is 5.25. The summed E-state index contributed by atoms with van der Waals surface area (Å²) >= 11 is 0. The molecule has 0 N–H and O–H groups in total. The molecule has 2 nitrogen and oxygen atoms in total. The lowest BCUT2D eigenvalue weighted by molar-refractivity contribution is 0.308. The number of nitrogens with zero attached hydrogens (tertiary/aromatic N) is 1. The van der Waals surface area contributed by atoms with Gasteiger partial charge in [-0.3, -0.25) is 4.98 Å². The van der Waals surface area contributed by atoms with Crippen molar-refractivity contribution in [2.45, 2.75) is 6.61 Å². The van der Waals surface area contributed by atoms with E-state index in [0.29, 0.717) is 11.3 Å². The third-order valence-corrected chi connectivity index (χ3v) is 2.97. The normalized spacial score (nSPS) is 10.7.